The molecule has 0 saturated heterocycles. The van der Waals surface area contributed by atoms with E-state index in [4.69, 9.17) is 11.5 Å². The molecule has 4 rings (SSSR count). The van der Waals surface area contributed by atoms with Crippen LogP contribution in [0.2, 0.25) is 0 Å². The van der Waals surface area contributed by atoms with Crippen LogP contribution in [0, 0.1) is 5.92 Å². The fourth-order valence-electron chi connectivity index (χ4n) is 3.81. The molecule has 1 fully saturated rings. The predicted molar refractivity (Wildman–Crippen MR) is 94.3 cm³/mol. The fraction of sp³-hybridized carbons (Fsp3) is 0.412. The van der Waals surface area contributed by atoms with E-state index in [1.807, 2.05) is 16.9 Å². The van der Waals surface area contributed by atoms with E-state index < -0.39 is 0 Å². The predicted octanol–water partition coefficient (Wildman–Crippen LogP) is 2.01. The summed E-state index contributed by atoms with van der Waals surface area (Å²) in [5.41, 5.74) is 14.1. The van der Waals surface area contributed by atoms with E-state index in [0.29, 0.717) is 18.2 Å². The van der Waals surface area contributed by atoms with Crippen molar-refractivity contribution in [1.82, 2.24) is 24.7 Å². The summed E-state index contributed by atoms with van der Waals surface area (Å²) in [7, 11) is 0. The minimum absolute atomic E-state index is 0.233. The first-order valence-electron chi connectivity index (χ1n) is 8.53. The standard InChI is InChI=1S/C17H21N7O/c18-14(25)4-2-10-1-3-11(7-10)24-16(19)13(8-23-24)15-12-5-6-20-17(12)22-9-21-15/h5-6,8-11H,1-4,7,19H2,(H2,18,25)(H,20,21,22). The highest BCUT2D eigenvalue weighted by Gasteiger charge is 2.28. The number of carbonyl (C=O) groups excluding carboxylic acids is 1. The van der Waals surface area contributed by atoms with Gasteiger partial charge in [0.25, 0.3) is 0 Å². The van der Waals surface area contributed by atoms with Crippen LogP contribution in [0.1, 0.15) is 38.1 Å². The van der Waals surface area contributed by atoms with Crippen LogP contribution in [0.3, 0.4) is 0 Å². The van der Waals surface area contributed by atoms with Crippen molar-refractivity contribution >= 4 is 22.8 Å². The Morgan fingerprint density at radius 3 is 3.08 bits per heavy atom. The number of fused-ring (bicyclic) bond motifs is 1. The van der Waals surface area contributed by atoms with Crippen LogP contribution in [0.4, 0.5) is 5.82 Å². The van der Waals surface area contributed by atoms with Gasteiger partial charge in [-0.05, 0) is 37.7 Å². The maximum atomic E-state index is 11.0. The molecule has 1 aliphatic carbocycles. The maximum Gasteiger partial charge on any atom is 0.217 e. The van der Waals surface area contributed by atoms with Crippen LogP contribution in [0.15, 0.2) is 24.8 Å². The highest BCUT2D eigenvalue weighted by molar-refractivity contribution is 5.93. The van der Waals surface area contributed by atoms with Crippen LogP contribution in [-0.4, -0.2) is 30.6 Å². The van der Waals surface area contributed by atoms with Gasteiger partial charge in [-0.2, -0.15) is 5.10 Å². The van der Waals surface area contributed by atoms with E-state index in [0.717, 1.165) is 48.0 Å². The number of aromatic amines is 1. The summed E-state index contributed by atoms with van der Waals surface area (Å²) >= 11 is 0. The number of aromatic nitrogens is 5. The molecule has 0 bridgehead atoms. The summed E-state index contributed by atoms with van der Waals surface area (Å²) < 4.78 is 1.90. The normalized spacial score (nSPS) is 20.3. The van der Waals surface area contributed by atoms with Gasteiger partial charge in [0.05, 0.1) is 23.5 Å². The minimum atomic E-state index is -0.233. The van der Waals surface area contributed by atoms with Gasteiger partial charge in [-0.25, -0.2) is 14.6 Å². The van der Waals surface area contributed by atoms with Crippen molar-refractivity contribution in [3.05, 3.63) is 24.8 Å². The lowest BCUT2D eigenvalue weighted by Gasteiger charge is -2.14. The average molecular weight is 339 g/mol. The zero-order valence-corrected chi connectivity index (χ0v) is 13.9. The second-order valence-corrected chi connectivity index (χ2v) is 6.69. The number of nitrogens with two attached hydrogens (primary N) is 2. The van der Waals surface area contributed by atoms with E-state index in [9.17, 15) is 4.79 Å². The summed E-state index contributed by atoms with van der Waals surface area (Å²) in [6.07, 6.45) is 9.49. The number of H-pyrrole nitrogens is 1. The number of rotatable bonds is 5. The summed E-state index contributed by atoms with van der Waals surface area (Å²) in [5, 5.41) is 5.45. The number of hydrogen-bond acceptors (Lipinski definition) is 5. The summed E-state index contributed by atoms with van der Waals surface area (Å²) in [5.74, 6) is 0.894. The van der Waals surface area contributed by atoms with Gasteiger partial charge in [-0.3, -0.25) is 4.79 Å². The fourth-order valence-corrected chi connectivity index (χ4v) is 3.81. The number of carbonyl (C=O) groups is 1. The Kier molecular flexibility index (Phi) is 3.87. The van der Waals surface area contributed by atoms with Crippen molar-refractivity contribution < 1.29 is 4.79 Å². The zero-order valence-electron chi connectivity index (χ0n) is 13.9. The molecule has 0 aromatic carbocycles. The molecule has 0 radical (unpaired) electrons. The van der Waals surface area contributed by atoms with Gasteiger partial charge in [0.15, 0.2) is 0 Å². The number of nitrogen functional groups attached to an aromatic ring is 1. The number of nitrogens with zero attached hydrogens (tertiary/aromatic N) is 4. The van der Waals surface area contributed by atoms with Crippen molar-refractivity contribution in [2.75, 3.05) is 5.73 Å². The number of amides is 1. The second-order valence-electron chi connectivity index (χ2n) is 6.69. The zero-order chi connectivity index (χ0) is 17.4. The number of anilines is 1. The molecule has 3 aromatic heterocycles. The van der Waals surface area contributed by atoms with Crippen LogP contribution < -0.4 is 11.5 Å². The van der Waals surface area contributed by atoms with Crippen LogP contribution in [0.25, 0.3) is 22.3 Å². The van der Waals surface area contributed by atoms with Gasteiger partial charge < -0.3 is 16.5 Å². The third-order valence-electron chi connectivity index (χ3n) is 5.10. The van der Waals surface area contributed by atoms with Crippen molar-refractivity contribution in [1.29, 1.82) is 0 Å². The van der Waals surface area contributed by atoms with E-state index in [-0.39, 0.29) is 11.9 Å². The Labute approximate surface area is 144 Å². The summed E-state index contributed by atoms with van der Waals surface area (Å²) in [6.45, 7) is 0. The Hall–Kier alpha value is -2.90. The van der Waals surface area contributed by atoms with Gasteiger partial charge in [0, 0.05) is 18.0 Å². The van der Waals surface area contributed by atoms with Gasteiger partial charge >= 0.3 is 0 Å². The molecule has 3 heterocycles. The average Bonchev–Trinajstić information content (AvgIpc) is 3.31. The molecule has 130 valence electrons. The van der Waals surface area contributed by atoms with Crippen molar-refractivity contribution in [3.8, 4) is 11.3 Å². The van der Waals surface area contributed by atoms with Crippen LogP contribution >= 0.6 is 0 Å². The van der Waals surface area contributed by atoms with E-state index in [2.05, 4.69) is 20.1 Å². The Morgan fingerprint density at radius 2 is 2.24 bits per heavy atom. The Bertz CT molecular complexity index is 913. The van der Waals surface area contributed by atoms with Crippen molar-refractivity contribution in [2.24, 2.45) is 11.7 Å². The molecule has 3 aromatic rings. The third-order valence-corrected chi connectivity index (χ3v) is 5.10. The number of hydrogen-bond donors (Lipinski definition) is 3. The molecule has 2 atom stereocenters. The molecule has 8 heteroatoms. The molecule has 0 spiro atoms. The molecular weight excluding hydrogens is 318 g/mol. The molecule has 2 unspecified atom stereocenters. The monoisotopic (exact) mass is 339 g/mol. The maximum absolute atomic E-state index is 11.0. The SMILES string of the molecule is NC(=O)CCC1CCC(n2ncc(-c3ncnc4[nH]ccc34)c2N)C1. The highest BCUT2D eigenvalue weighted by Crippen LogP contribution is 2.40. The van der Waals surface area contributed by atoms with E-state index >= 15 is 0 Å². The lowest BCUT2D eigenvalue weighted by atomic mass is 10.0. The Morgan fingerprint density at radius 1 is 1.36 bits per heavy atom. The van der Waals surface area contributed by atoms with E-state index in [1.165, 1.54) is 6.33 Å². The largest absolute Gasteiger partial charge is 0.383 e. The van der Waals surface area contributed by atoms with Crippen LogP contribution in [-0.2, 0) is 4.79 Å². The summed E-state index contributed by atoms with van der Waals surface area (Å²) in [6, 6.07) is 2.20. The summed E-state index contributed by atoms with van der Waals surface area (Å²) in [4.78, 5) is 22.7. The molecule has 8 nitrogen and oxygen atoms in total. The van der Waals surface area contributed by atoms with Crippen molar-refractivity contribution in [3.63, 3.8) is 0 Å². The van der Waals surface area contributed by atoms with Gasteiger partial charge in [0.1, 0.15) is 17.8 Å². The van der Waals surface area contributed by atoms with E-state index in [1.54, 1.807) is 6.20 Å². The van der Waals surface area contributed by atoms with Crippen LogP contribution in [0.5, 0.6) is 0 Å². The molecule has 1 aliphatic rings. The van der Waals surface area contributed by atoms with Gasteiger partial charge in [-0.15, -0.1) is 0 Å². The number of nitrogens with one attached hydrogen (secondary N) is 1. The third kappa shape index (κ3) is 2.84. The molecule has 5 N–H and O–H groups in total. The quantitative estimate of drug-likeness (QED) is 0.655. The molecule has 0 aliphatic heterocycles. The number of primary amides is 1. The minimum Gasteiger partial charge on any atom is -0.383 e. The van der Waals surface area contributed by atoms with Crippen molar-refractivity contribution in [2.45, 2.75) is 38.1 Å². The van der Waals surface area contributed by atoms with Gasteiger partial charge in [0.2, 0.25) is 5.91 Å². The first kappa shape index (κ1) is 15.6. The first-order chi connectivity index (χ1) is 12.1. The first-order valence-corrected chi connectivity index (χ1v) is 8.53. The second kappa shape index (κ2) is 6.19. The molecular formula is C17H21N7O. The lowest BCUT2D eigenvalue weighted by Crippen LogP contribution is -2.13. The lowest BCUT2D eigenvalue weighted by molar-refractivity contribution is -0.118. The highest BCUT2D eigenvalue weighted by atomic mass is 16.1. The van der Waals surface area contributed by atoms with Gasteiger partial charge in [-0.1, -0.05) is 0 Å². The molecule has 1 amide bonds. The Balaban J connectivity index is 1.58. The topological polar surface area (TPSA) is 129 Å². The molecule has 1 saturated carbocycles. The molecule has 25 heavy (non-hydrogen) atoms. The smallest absolute Gasteiger partial charge is 0.217 e.